The van der Waals surface area contributed by atoms with Gasteiger partial charge in [-0.1, -0.05) is 17.9 Å². The molecule has 0 aliphatic heterocycles. The molecule has 0 fully saturated rings. The molecule has 1 aromatic carbocycles. The molecule has 0 aliphatic rings. The lowest BCUT2D eigenvalue weighted by atomic mass is 10.1. The third-order valence-corrected chi connectivity index (χ3v) is 1.88. The predicted octanol–water partition coefficient (Wildman–Crippen LogP) is 1.12. The quantitative estimate of drug-likeness (QED) is 0.459. The predicted molar refractivity (Wildman–Crippen MR) is 57.0 cm³/mol. The number of aldehydes is 1. The summed E-state index contributed by atoms with van der Waals surface area (Å²) in [6, 6.07) is 4.56. The number of hydrogen-bond acceptors (Lipinski definition) is 4. The summed E-state index contributed by atoms with van der Waals surface area (Å²) < 4.78 is 4.41. The smallest absolute Gasteiger partial charge is 0.317 e. The molecule has 0 saturated carbocycles. The van der Waals surface area contributed by atoms with Crippen molar-refractivity contribution in [2.24, 2.45) is 0 Å². The molecule has 0 aromatic heterocycles. The summed E-state index contributed by atoms with van der Waals surface area (Å²) in [4.78, 5) is 21.5. The van der Waals surface area contributed by atoms with Crippen molar-refractivity contribution >= 4 is 12.3 Å². The highest BCUT2D eigenvalue weighted by Gasteiger charge is 2.03. The van der Waals surface area contributed by atoms with E-state index in [1.54, 1.807) is 12.1 Å². The Morgan fingerprint density at radius 2 is 2.31 bits per heavy atom. The number of phenolic OH excluding ortho intramolecular Hbond substituents is 1. The van der Waals surface area contributed by atoms with E-state index >= 15 is 0 Å². The van der Waals surface area contributed by atoms with Gasteiger partial charge in [0.1, 0.15) is 12.2 Å². The summed E-state index contributed by atoms with van der Waals surface area (Å²) in [5.74, 6) is 4.62. The average molecular weight is 218 g/mol. The van der Waals surface area contributed by atoms with Crippen molar-refractivity contribution in [3.05, 3.63) is 29.3 Å². The molecular formula is C12H10O4. The van der Waals surface area contributed by atoms with Crippen molar-refractivity contribution in [2.45, 2.75) is 6.42 Å². The maximum atomic E-state index is 10.8. The van der Waals surface area contributed by atoms with Gasteiger partial charge in [-0.2, -0.15) is 0 Å². The van der Waals surface area contributed by atoms with Crippen LogP contribution in [-0.4, -0.2) is 24.5 Å². The SMILES string of the molecule is COC(=O)CC#Cc1cccc(O)c1C=O. The zero-order chi connectivity index (χ0) is 12.0. The van der Waals surface area contributed by atoms with E-state index in [0.29, 0.717) is 11.8 Å². The third-order valence-electron chi connectivity index (χ3n) is 1.88. The molecule has 1 rings (SSSR count). The largest absolute Gasteiger partial charge is 0.507 e. The van der Waals surface area contributed by atoms with Gasteiger partial charge in [-0.3, -0.25) is 9.59 Å². The van der Waals surface area contributed by atoms with Gasteiger partial charge >= 0.3 is 5.97 Å². The summed E-state index contributed by atoms with van der Waals surface area (Å²) in [7, 11) is 1.27. The minimum atomic E-state index is -0.444. The molecule has 0 spiro atoms. The molecule has 1 aromatic rings. The highest BCUT2D eigenvalue weighted by Crippen LogP contribution is 2.17. The van der Waals surface area contributed by atoms with Crippen molar-refractivity contribution < 1.29 is 19.4 Å². The van der Waals surface area contributed by atoms with Crippen LogP contribution in [0.5, 0.6) is 5.75 Å². The fraction of sp³-hybridized carbons (Fsp3) is 0.167. The Hall–Kier alpha value is -2.28. The number of benzene rings is 1. The van der Waals surface area contributed by atoms with Crippen LogP contribution in [0.2, 0.25) is 0 Å². The van der Waals surface area contributed by atoms with Crippen LogP contribution >= 0.6 is 0 Å². The molecule has 0 heterocycles. The number of aromatic hydroxyl groups is 1. The second-order valence-corrected chi connectivity index (χ2v) is 2.91. The van der Waals surface area contributed by atoms with Gasteiger partial charge in [0, 0.05) is 5.56 Å². The summed E-state index contributed by atoms with van der Waals surface area (Å²) in [6.45, 7) is 0. The maximum absolute atomic E-state index is 10.8. The molecule has 0 bridgehead atoms. The van der Waals surface area contributed by atoms with E-state index in [1.165, 1.54) is 13.2 Å². The van der Waals surface area contributed by atoms with Gasteiger partial charge in [0.2, 0.25) is 0 Å². The Morgan fingerprint density at radius 3 is 2.94 bits per heavy atom. The minimum Gasteiger partial charge on any atom is -0.507 e. The van der Waals surface area contributed by atoms with Crippen molar-refractivity contribution in [1.82, 2.24) is 0 Å². The molecule has 1 N–H and O–H groups in total. The topological polar surface area (TPSA) is 63.6 Å². The molecular weight excluding hydrogens is 208 g/mol. The summed E-state index contributed by atoms with van der Waals surface area (Å²) in [5.41, 5.74) is 0.513. The van der Waals surface area contributed by atoms with E-state index in [1.807, 2.05) is 0 Å². The van der Waals surface area contributed by atoms with E-state index in [-0.39, 0.29) is 17.7 Å². The van der Waals surface area contributed by atoms with Gasteiger partial charge in [-0.15, -0.1) is 0 Å². The average Bonchev–Trinajstić information content (AvgIpc) is 2.29. The number of ether oxygens (including phenoxy) is 1. The minimum absolute atomic E-state index is 0.0511. The number of phenols is 1. The molecule has 0 atom stereocenters. The third kappa shape index (κ3) is 2.85. The number of hydrogen-bond donors (Lipinski definition) is 1. The van der Waals surface area contributed by atoms with Gasteiger partial charge in [0.05, 0.1) is 12.7 Å². The van der Waals surface area contributed by atoms with Crippen molar-refractivity contribution in [3.8, 4) is 17.6 Å². The van der Waals surface area contributed by atoms with Crippen molar-refractivity contribution in [1.29, 1.82) is 0 Å². The lowest BCUT2D eigenvalue weighted by molar-refractivity contribution is -0.139. The van der Waals surface area contributed by atoms with E-state index in [4.69, 9.17) is 0 Å². The Balaban J connectivity index is 2.92. The maximum Gasteiger partial charge on any atom is 0.317 e. The Kier molecular flexibility index (Phi) is 4.10. The van der Waals surface area contributed by atoms with E-state index < -0.39 is 5.97 Å². The van der Waals surface area contributed by atoms with Crippen LogP contribution in [0.4, 0.5) is 0 Å². The second kappa shape index (κ2) is 5.56. The van der Waals surface area contributed by atoms with E-state index in [2.05, 4.69) is 16.6 Å². The number of esters is 1. The first-order valence-corrected chi connectivity index (χ1v) is 4.52. The van der Waals surface area contributed by atoms with Crippen LogP contribution in [0.1, 0.15) is 22.3 Å². The molecule has 4 heteroatoms. The number of carbonyl (C=O) groups excluding carboxylic acids is 2. The van der Waals surface area contributed by atoms with Crippen LogP contribution in [0, 0.1) is 11.8 Å². The Bertz CT molecular complexity index is 466. The Morgan fingerprint density at radius 1 is 1.56 bits per heavy atom. The highest BCUT2D eigenvalue weighted by molar-refractivity contribution is 5.83. The van der Waals surface area contributed by atoms with Gasteiger partial charge in [-0.25, -0.2) is 0 Å². The monoisotopic (exact) mass is 218 g/mol. The van der Waals surface area contributed by atoms with Gasteiger partial charge in [0.15, 0.2) is 6.29 Å². The zero-order valence-corrected chi connectivity index (χ0v) is 8.69. The molecule has 4 nitrogen and oxygen atoms in total. The normalized spacial score (nSPS) is 8.81. The van der Waals surface area contributed by atoms with E-state index in [0.717, 1.165) is 0 Å². The molecule has 0 saturated heterocycles. The molecule has 82 valence electrons. The van der Waals surface area contributed by atoms with Crippen LogP contribution in [0.3, 0.4) is 0 Å². The molecule has 0 radical (unpaired) electrons. The molecule has 0 aliphatic carbocycles. The van der Waals surface area contributed by atoms with Gasteiger partial charge in [0.25, 0.3) is 0 Å². The van der Waals surface area contributed by atoms with Gasteiger partial charge in [-0.05, 0) is 12.1 Å². The fourth-order valence-electron chi connectivity index (χ4n) is 1.07. The van der Waals surface area contributed by atoms with Crippen LogP contribution in [0.15, 0.2) is 18.2 Å². The summed E-state index contributed by atoms with van der Waals surface area (Å²) in [5, 5.41) is 9.36. The lowest BCUT2D eigenvalue weighted by Gasteiger charge is -1.98. The second-order valence-electron chi connectivity index (χ2n) is 2.91. The number of methoxy groups -OCH3 is 1. The molecule has 16 heavy (non-hydrogen) atoms. The van der Waals surface area contributed by atoms with E-state index in [9.17, 15) is 14.7 Å². The number of rotatable bonds is 2. The highest BCUT2D eigenvalue weighted by atomic mass is 16.5. The van der Waals surface area contributed by atoms with Crippen LogP contribution in [-0.2, 0) is 9.53 Å². The van der Waals surface area contributed by atoms with Crippen LogP contribution < -0.4 is 0 Å². The van der Waals surface area contributed by atoms with Crippen LogP contribution in [0.25, 0.3) is 0 Å². The lowest BCUT2D eigenvalue weighted by Crippen LogP contribution is -1.97. The van der Waals surface area contributed by atoms with Crippen molar-refractivity contribution in [2.75, 3.05) is 7.11 Å². The first kappa shape index (κ1) is 11.8. The summed E-state index contributed by atoms with van der Waals surface area (Å²) in [6.07, 6.45) is 0.474. The fourth-order valence-corrected chi connectivity index (χ4v) is 1.07. The number of carbonyl (C=O) groups is 2. The van der Waals surface area contributed by atoms with Crippen molar-refractivity contribution in [3.63, 3.8) is 0 Å². The first-order chi connectivity index (χ1) is 7.69. The van der Waals surface area contributed by atoms with Gasteiger partial charge < -0.3 is 9.84 Å². The first-order valence-electron chi connectivity index (χ1n) is 4.52. The Labute approximate surface area is 92.9 Å². The summed E-state index contributed by atoms with van der Waals surface area (Å²) >= 11 is 0. The molecule has 0 amide bonds. The standard InChI is InChI=1S/C12H10O4/c1-16-12(15)7-3-5-9-4-2-6-11(14)10(9)8-13/h2,4,6,8,14H,7H2,1H3. The zero-order valence-electron chi connectivity index (χ0n) is 8.69. The molecule has 0 unspecified atom stereocenters.